The Morgan fingerprint density at radius 2 is 1.78 bits per heavy atom. The number of carboxylic acids is 1. The number of carboxylic acid groups (broad SMARTS) is 1. The molecule has 2 aromatic heterocycles. The third-order valence-corrected chi connectivity index (χ3v) is 6.83. The van der Waals surface area contributed by atoms with Gasteiger partial charge in [-0.05, 0) is 50.2 Å². The number of amides is 2. The van der Waals surface area contributed by atoms with E-state index in [1.165, 1.54) is 5.56 Å². The van der Waals surface area contributed by atoms with E-state index in [1.54, 1.807) is 26.8 Å². The molecule has 192 valence electrons. The Morgan fingerprint density at radius 3 is 2.50 bits per heavy atom. The number of nitrogens with one attached hydrogen (secondary N) is 2. The smallest absolute Gasteiger partial charge is 0.340 e. The van der Waals surface area contributed by atoms with Gasteiger partial charge in [0.1, 0.15) is 23.0 Å². The molecule has 0 spiro atoms. The number of benzene rings is 1. The minimum absolute atomic E-state index is 0.0517. The Hall–Kier alpha value is -3.62. The second kappa shape index (κ2) is 10.6. The number of aliphatic carboxylic acids is 1. The lowest BCUT2D eigenvalue weighted by Gasteiger charge is -2.22. The van der Waals surface area contributed by atoms with Crippen LogP contribution in [-0.2, 0) is 33.6 Å². The molecule has 2 amide bonds. The van der Waals surface area contributed by atoms with E-state index in [2.05, 4.69) is 10.6 Å². The zero-order chi connectivity index (χ0) is 26.0. The monoisotopic (exact) mass is 496 g/mol. The number of carbonyl (C=O) groups excluding carboxylic acids is 2. The summed E-state index contributed by atoms with van der Waals surface area (Å²) >= 11 is 0. The predicted molar refractivity (Wildman–Crippen MR) is 134 cm³/mol. The van der Waals surface area contributed by atoms with Gasteiger partial charge in [-0.2, -0.15) is 0 Å². The van der Waals surface area contributed by atoms with Crippen molar-refractivity contribution < 1.29 is 28.3 Å². The Morgan fingerprint density at radius 1 is 1.06 bits per heavy atom. The lowest BCUT2D eigenvalue weighted by atomic mass is 9.94. The Labute approximate surface area is 208 Å². The van der Waals surface area contributed by atoms with Crippen LogP contribution in [-0.4, -0.2) is 35.5 Å². The minimum Gasteiger partial charge on any atom is -0.481 e. The zero-order valence-corrected chi connectivity index (χ0v) is 20.9. The standard InChI is InChI=1S/C27H32N2O7/c1-14(2)25(26(33)28-10-6-9-24(31)32)29-23(30)12-18-15(3)17-11-19-16-7-4-5-8-20(16)35-22(19)13-21(17)36-27(18)34/h11,13-14,25H,4-10,12H2,1-3H3,(H,28,33)(H,29,30)(H,31,32)/t25-/m0/s1. The predicted octanol–water partition coefficient (Wildman–Crippen LogP) is 3.39. The van der Waals surface area contributed by atoms with Gasteiger partial charge in [0, 0.05) is 41.8 Å². The van der Waals surface area contributed by atoms with Gasteiger partial charge in [0.25, 0.3) is 0 Å². The molecular formula is C27H32N2O7. The van der Waals surface area contributed by atoms with Crippen molar-refractivity contribution >= 4 is 39.7 Å². The van der Waals surface area contributed by atoms with Gasteiger partial charge in [0.05, 0.1) is 12.0 Å². The van der Waals surface area contributed by atoms with Crippen molar-refractivity contribution in [2.45, 2.75) is 71.8 Å². The molecule has 0 unspecified atom stereocenters. The molecule has 36 heavy (non-hydrogen) atoms. The van der Waals surface area contributed by atoms with Gasteiger partial charge in [-0.1, -0.05) is 13.8 Å². The molecule has 1 aliphatic rings. The van der Waals surface area contributed by atoms with E-state index in [1.807, 2.05) is 6.07 Å². The maximum atomic E-state index is 12.9. The van der Waals surface area contributed by atoms with Crippen LogP contribution in [0.15, 0.2) is 25.8 Å². The van der Waals surface area contributed by atoms with Crippen molar-refractivity contribution in [3.05, 3.63) is 45.0 Å². The second-order valence-corrected chi connectivity index (χ2v) is 9.80. The van der Waals surface area contributed by atoms with Crippen molar-refractivity contribution in [3.8, 4) is 0 Å². The van der Waals surface area contributed by atoms with Crippen LogP contribution in [0.25, 0.3) is 21.9 Å². The molecule has 0 saturated heterocycles. The summed E-state index contributed by atoms with van der Waals surface area (Å²) in [5.74, 6) is -1.00. The molecule has 3 N–H and O–H groups in total. The number of fused-ring (bicyclic) bond motifs is 4. The van der Waals surface area contributed by atoms with E-state index < -0.39 is 29.5 Å². The largest absolute Gasteiger partial charge is 0.481 e. The minimum atomic E-state index is -0.934. The molecule has 3 aromatic rings. The summed E-state index contributed by atoms with van der Waals surface area (Å²) in [5.41, 5.74) is 2.66. The van der Waals surface area contributed by atoms with E-state index in [0.717, 1.165) is 42.2 Å². The summed E-state index contributed by atoms with van der Waals surface area (Å²) in [6.07, 6.45) is 4.08. The summed E-state index contributed by atoms with van der Waals surface area (Å²) < 4.78 is 11.6. The van der Waals surface area contributed by atoms with Gasteiger partial charge in [-0.25, -0.2) is 4.79 Å². The summed E-state index contributed by atoms with van der Waals surface area (Å²) in [4.78, 5) is 48.9. The molecule has 9 nitrogen and oxygen atoms in total. The van der Waals surface area contributed by atoms with E-state index in [-0.39, 0.29) is 30.9 Å². The first-order valence-corrected chi connectivity index (χ1v) is 12.4. The fourth-order valence-corrected chi connectivity index (χ4v) is 4.83. The Bertz CT molecular complexity index is 1380. The molecule has 1 aromatic carbocycles. The average Bonchev–Trinajstić information content (AvgIpc) is 3.19. The number of hydrogen-bond acceptors (Lipinski definition) is 6. The Kier molecular flexibility index (Phi) is 7.47. The van der Waals surface area contributed by atoms with Gasteiger partial charge in [-0.15, -0.1) is 0 Å². The highest BCUT2D eigenvalue weighted by Crippen LogP contribution is 2.35. The first kappa shape index (κ1) is 25.5. The van der Waals surface area contributed by atoms with Crippen molar-refractivity contribution in [1.29, 1.82) is 0 Å². The highest BCUT2D eigenvalue weighted by atomic mass is 16.4. The molecular weight excluding hydrogens is 464 g/mol. The van der Waals surface area contributed by atoms with Crippen molar-refractivity contribution in [1.82, 2.24) is 10.6 Å². The van der Waals surface area contributed by atoms with Crippen LogP contribution < -0.4 is 16.3 Å². The molecule has 0 radical (unpaired) electrons. The molecule has 0 aliphatic heterocycles. The van der Waals surface area contributed by atoms with Crippen molar-refractivity contribution in [2.24, 2.45) is 5.92 Å². The third-order valence-electron chi connectivity index (χ3n) is 6.83. The lowest BCUT2D eigenvalue weighted by Crippen LogP contribution is -2.50. The van der Waals surface area contributed by atoms with E-state index in [9.17, 15) is 19.2 Å². The maximum Gasteiger partial charge on any atom is 0.340 e. The van der Waals surface area contributed by atoms with E-state index in [4.69, 9.17) is 13.9 Å². The van der Waals surface area contributed by atoms with Crippen LogP contribution in [0.2, 0.25) is 0 Å². The molecule has 1 aliphatic carbocycles. The van der Waals surface area contributed by atoms with Gasteiger partial charge in [-0.3, -0.25) is 14.4 Å². The quantitative estimate of drug-likeness (QED) is 0.305. The maximum absolute atomic E-state index is 12.9. The fourth-order valence-electron chi connectivity index (χ4n) is 4.83. The summed E-state index contributed by atoms with van der Waals surface area (Å²) in [6.45, 7) is 5.60. The van der Waals surface area contributed by atoms with Crippen molar-refractivity contribution in [3.63, 3.8) is 0 Å². The molecule has 0 saturated carbocycles. The fraction of sp³-hybridized carbons (Fsp3) is 0.481. The SMILES string of the molecule is Cc1c(CC(=O)N[C@H](C(=O)NCCCC(=O)O)C(C)C)c(=O)oc2cc3oc4c(c3cc12)CCCC4. The summed E-state index contributed by atoms with van der Waals surface area (Å²) in [7, 11) is 0. The van der Waals surface area contributed by atoms with E-state index >= 15 is 0 Å². The Balaban J connectivity index is 1.54. The van der Waals surface area contributed by atoms with Crippen LogP contribution in [0, 0.1) is 12.8 Å². The highest BCUT2D eigenvalue weighted by Gasteiger charge is 2.26. The molecule has 1 atom stereocenters. The molecule has 0 bridgehead atoms. The normalized spacial score (nSPS) is 14.1. The number of hydrogen-bond donors (Lipinski definition) is 3. The van der Waals surface area contributed by atoms with Gasteiger partial charge >= 0.3 is 11.6 Å². The van der Waals surface area contributed by atoms with Gasteiger partial charge in [0.2, 0.25) is 11.8 Å². The van der Waals surface area contributed by atoms with Crippen molar-refractivity contribution in [2.75, 3.05) is 6.54 Å². The summed E-state index contributed by atoms with van der Waals surface area (Å²) in [5, 5.41) is 15.9. The third kappa shape index (κ3) is 5.29. The number of aryl methyl sites for hydroxylation is 3. The number of rotatable bonds is 9. The van der Waals surface area contributed by atoms with Gasteiger partial charge in [0.15, 0.2) is 0 Å². The zero-order valence-electron chi connectivity index (χ0n) is 20.9. The van der Waals surface area contributed by atoms with Crippen LogP contribution in [0.4, 0.5) is 0 Å². The van der Waals surface area contributed by atoms with Crippen LogP contribution >= 0.6 is 0 Å². The lowest BCUT2D eigenvalue weighted by molar-refractivity contribution is -0.137. The second-order valence-electron chi connectivity index (χ2n) is 9.80. The van der Waals surface area contributed by atoms with Crippen LogP contribution in [0.5, 0.6) is 0 Å². The molecule has 4 rings (SSSR count). The summed E-state index contributed by atoms with van der Waals surface area (Å²) in [6, 6.07) is 2.93. The van der Waals surface area contributed by atoms with E-state index in [0.29, 0.717) is 23.2 Å². The first-order chi connectivity index (χ1) is 17.2. The van der Waals surface area contributed by atoms with Gasteiger partial charge < -0.3 is 24.6 Å². The first-order valence-electron chi connectivity index (χ1n) is 12.4. The average molecular weight is 497 g/mol. The topological polar surface area (TPSA) is 139 Å². The number of furan rings is 1. The molecule has 0 fully saturated rings. The molecule has 2 heterocycles. The highest BCUT2D eigenvalue weighted by molar-refractivity contribution is 5.97. The van der Waals surface area contributed by atoms with Crippen LogP contribution in [0.1, 0.15) is 62.0 Å². The molecule has 9 heteroatoms. The van der Waals surface area contributed by atoms with Crippen LogP contribution in [0.3, 0.4) is 0 Å². The number of carbonyl (C=O) groups is 3.